The Morgan fingerprint density at radius 1 is 1.28 bits per heavy atom. The van der Waals surface area contributed by atoms with Crippen molar-refractivity contribution in [3.8, 4) is 5.75 Å². The summed E-state index contributed by atoms with van der Waals surface area (Å²) in [5.41, 5.74) is 0.982. The molecule has 5 heteroatoms. The summed E-state index contributed by atoms with van der Waals surface area (Å²) in [7, 11) is 0. The maximum Gasteiger partial charge on any atom is 0.170 e. The molecule has 1 aromatic carbocycles. The van der Waals surface area contributed by atoms with Crippen LogP contribution in [0.15, 0.2) is 24.3 Å². The molecular formula is C20H33N3OS. The number of nitrogens with one attached hydrogen (secondary N) is 2. The van der Waals surface area contributed by atoms with E-state index in [1.807, 2.05) is 38.1 Å². The van der Waals surface area contributed by atoms with E-state index >= 15 is 0 Å². The van der Waals surface area contributed by atoms with Crippen LogP contribution >= 0.6 is 12.2 Å². The van der Waals surface area contributed by atoms with Gasteiger partial charge in [0.2, 0.25) is 0 Å². The van der Waals surface area contributed by atoms with Crippen molar-refractivity contribution in [2.45, 2.75) is 65.0 Å². The summed E-state index contributed by atoms with van der Waals surface area (Å²) < 4.78 is 5.65. The second-order valence-corrected chi connectivity index (χ2v) is 7.43. The Labute approximate surface area is 158 Å². The maximum absolute atomic E-state index is 5.65. The first kappa shape index (κ1) is 20.0. The van der Waals surface area contributed by atoms with Gasteiger partial charge < -0.3 is 20.3 Å². The molecule has 0 aromatic heterocycles. The zero-order valence-corrected chi connectivity index (χ0v) is 16.7. The molecule has 1 aliphatic rings. The minimum atomic E-state index is 0.189. The minimum Gasteiger partial charge on any atom is -0.491 e. The quantitative estimate of drug-likeness (QED) is 0.528. The smallest absolute Gasteiger partial charge is 0.170 e. The SMILES string of the molecule is CC[C@H]1CCCCN1CCCNC(=S)Nc1ccc(OC(C)C)cc1. The average Bonchev–Trinajstić information content (AvgIpc) is 2.60. The van der Waals surface area contributed by atoms with E-state index in [9.17, 15) is 0 Å². The number of piperidine rings is 1. The monoisotopic (exact) mass is 363 g/mol. The molecule has 1 heterocycles. The Morgan fingerprint density at radius 2 is 2.04 bits per heavy atom. The number of benzene rings is 1. The van der Waals surface area contributed by atoms with Crippen LogP contribution in [-0.4, -0.2) is 41.8 Å². The van der Waals surface area contributed by atoms with Crippen molar-refractivity contribution in [3.05, 3.63) is 24.3 Å². The van der Waals surface area contributed by atoms with Crippen molar-refractivity contribution < 1.29 is 4.74 Å². The third-order valence-corrected chi connectivity index (χ3v) is 4.86. The molecule has 1 aliphatic heterocycles. The van der Waals surface area contributed by atoms with E-state index < -0.39 is 0 Å². The van der Waals surface area contributed by atoms with Crippen LogP contribution in [0, 0.1) is 0 Å². The molecule has 140 valence electrons. The molecule has 1 saturated heterocycles. The first-order valence-corrected chi connectivity index (χ1v) is 10.0. The molecule has 1 aromatic rings. The summed E-state index contributed by atoms with van der Waals surface area (Å²) in [5, 5.41) is 7.23. The summed E-state index contributed by atoms with van der Waals surface area (Å²) in [5.74, 6) is 0.881. The zero-order chi connectivity index (χ0) is 18.1. The third kappa shape index (κ3) is 7.20. The number of thiocarbonyl (C=S) groups is 1. The molecule has 0 unspecified atom stereocenters. The molecule has 0 saturated carbocycles. The second-order valence-electron chi connectivity index (χ2n) is 7.02. The van der Waals surface area contributed by atoms with E-state index in [-0.39, 0.29) is 6.10 Å². The van der Waals surface area contributed by atoms with Crippen molar-refractivity contribution >= 4 is 23.0 Å². The van der Waals surface area contributed by atoms with Crippen LogP contribution in [0.3, 0.4) is 0 Å². The Bertz CT molecular complexity index is 518. The highest BCUT2D eigenvalue weighted by atomic mass is 32.1. The summed E-state index contributed by atoms with van der Waals surface area (Å²) in [6, 6.07) is 8.69. The molecule has 0 spiro atoms. The largest absolute Gasteiger partial charge is 0.491 e. The highest BCUT2D eigenvalue weighted by Crippen LogP contribution is 2.19. The lowest BCUT2D eigenvalue weighted by Crippen LogP contribution is -2.40. The number of nitrogens with zero attached hydrogens (tertiary/aromatic N) is 1. The fourth-order valence-electron chi connectivity index (χ4n) is 3.37. The van der Waals surface area contributed by atoms with Crippen LogP contribution in [0.2, 0.25) is 0 Å². The first-order valence-electron chi connectivity index (χ1n) is 9.64. The van der Waals surface area contributed by atoms with E-state index in [0.717, 1.165) is 37.0 Å². The molecule has 0 bridgehead atoms. The van der Waals surface area contributed by atoms with E-state index in [1.165, 1.54) is 32.2 Å². The Morgan fingerprint density at radius 3 is 2.72 bits per heavy atom. The lowest BCUT2D eigenvalue weighted by atomic mass is 10.00. The third-order valence-electron chi connectivity index (χ3n) is 4.61. The van der Waals surface area contributed by atoms with Gasteiger partial charge in [0.15, 0.2) is 5.11 Å². The lowest BCUT2D eigenvalue weighted by Gasteiger charge is -2.35. The number of likely N-dealkylation sites (tertiary alicyclic amines) is 1. The highest BCUT2D eigenvalue weighted by Gasteiger charge is 2.19. The number of hydrogen-bond donors (Lipinski definition) is 2. The number of rotatable bonds is 8. The number of anilines is 1. The molecule has 0 amide bonds. The fraction of sp³-hybridized carbons (Fsp3) is 0.650. The van der Waals surface area contributed by atoms with Gasteiger partial charge in [-0.25, -0.2) is 0 Å². The van der Waals surface area contributed by atoms with E-state index in [2.05, 4.69) is 22.5 Å². The molecule has 1 atom stereocenters. The summed E-state index contributed by atoms with van der Waals surface area (Å²) in [4.78, 5) is 2.65. The Balaban J connectivity index is 1.65. The summed E-state index contributed by atoms with van der Waals surface area (Å²) >= 11 is 5.39. The second kappa shape index (κ2) is 10.6. The van der Waals surface area contributed by atoms with Gasteiger partial charge in [0.1, 0.15) is 5.75 Å². The molecular weight excluding hydrogens is 330 g/mol. The molecule has 0 aliphatic carbocycles. The fourth-order valence-corrected chi connectivity index (χ4v) is 3.58. The maximum atomic E-state index is 5.65. The molecule has 1 fully saturated rings. The normalized spacial score (nSPS) is 18.2. The van der Waals surface area contributed by atoms with Gasteiger partial charge in [0, 0.05) is 24.8 Å². The topological polar surface area (TPSA) is 36.5 Å². The standard InChI is InChI=1S/C20H33N3OS/c1-4-18-8-5-6-14-23(18)15-7-13-21-20(25)22-17-9-11-19(12-10-17)24-16(2)3/h9-12,16,18H,4-8,13-15H2,1-3H3,(H2,21,22,25)/t18-/m0/s1. The van der Waals surface area contributed by atoms with Crippen LogP contribution in [0.1, 0.15) is 52.9 Å². The van der Waals surface area contributed by atoms with Gasteiger partial charge in [-0.3, -0.25) is 0 Å². The van der Waals surface area contributed by atoms with Gasteiger partial charge in [-0.2, -0.15) is 0 Å². The van der Waals surface area contributed by atoms with Gasteiger partial charge in [-0.1, -0.05) is 13.3 Å². The highest BCUT2D eigenvalue weighted by molar-refractivity contribution is 7.80. The lowest BCUT2D eigenvalue weighted by molar-refractivity contribution is 0.143. The number of ether oxygens (including phenoxy) is 1. The summed E-state index contributed by atoms with van der Waals surface area (Å²) in [6.07, 6.45) is 6.68. The van der Waals surface area contributed by atoms with Crippen LogP contribution in [0.25, 0.3) is 0 Å². The van der Waals surface area contributed by atoms with Gasteiger partial charge >= 0.3 is 0 Å². The van der Waals surface area contributed by atoms with E-state index in [4.69, 9.17) is 17.0 Å². The predicted octanol–water partition coefficient (Wildman–Crippen LogP) is 4.41. The molecule has 2 N–H and O–H groups in total. The number of hydrogen-bond acceptors (Lipinski definition) is 3. The van der Waals surface area contributed by atoms with Crippen molar-refractivity contribution in [1.82, 2.24) is 10.2 Å². The van der Waals surface area contributed by atoms with Gasteiger partial charge in [-0.05, 0) is 82.6 Å². The predicted molar refractivity (Wildman–Crippen MR) is 111 cm³/mol. The van der Waals surface area contributed by atoms with Gasteiger partial charge in [-0.15, -0.1) is 0 Å². The van der Waals surface area contributed by atoms with Gasteiger partial charge in [0.25, 0.3) is 0 Å². The molecule has 0 radical (unpaired) electrons. The van der Waals surface area contributed by atoms with E-state index in [0.29, 0.717) is 5.11 Å². The average molecular weight is 364 g/mol. The molecule has 4 nitrogen and oxygen atoms in total. The summed E-state index contributed by atoms with van der Waals surface area (Å²) in [6.45, 7) is 9.68. The van der Waals surface area contributed by atoms with Crippen LogP contribution in [0.5, 0.6) is 5.75 Å². The Hall–Kier alpha value is -1.33. The van der Waals surface area contributed by atoms with Crippen molar-refractivity contribution in [2.24, 2.45) is 0 Å². The Kier molecular flexibility index (Phi) is 8.49. The van der Waals surface area contributed by atoms with Crippen LogP contribution in [-0.2, 0) is 0 Å². The van der Waals surface area contributed by atoms with Crippen LogP contribution in [0.4, 0.5) is 5.69 Å². The van der Waals surface area contributed by atoms with Crippen molar-refractivity contribution in [1.29, 1.82) is 0 Å². The van der Waals surface area contributed by atoms with Gasteiger partial charge in [0.05, 0.1) is 6.10 Å². The minimum absolute atomic E-state index is 0.189. The van der Waals surface area contributed by atoms with Crippen molar-refractivity contribution in [2.75, 3.05) is 25.0 Å². The van der Waals surface area contributed by atoms with E-state index in [1.54, 1.807) is 0 Å². The van der Waals surface area contributed by atoms with Crippen molar-refractivity contribution in [3.63, 3.8) is 0 Å². The zero-order valence-electron chi connectivity index (χ0n) is 15.9. The molecule has 2 rings (SSSR count). The molecule has 25 heavy (non-hydrogen) atoms. The van der Waals surface area contributed by atoms with Crippen LogP contribution < -0.4 is 15.4 Å². The first-order chi connectivity index (χ1) is 12.1.